The van der Waals surface area contributed by atoms with Gasteiger partial charge in [0.15, 0.2) is 0 Å². The fourth-order valence-electron chi connectivity index (χ4n) is 0.979. The summed E-state index contributed by atoms with van der Waals surface area (Å²) in [4.78, 5) is 1.36. The third-order valence-corrected chi connectivity index (χ3v) is 2.55. The molecule has 1 rings (SSSR count). The Hall–Kier alpha value is -0.780. The van der Waals surface area contributed by atoms with Crippen molar-refractivity contribution >= 4 is 16.9 Å². The first kappa shape index (κ1) is 9.31. The van der Waals surface area contributed by atoms with Crippen molar-refractivity contribution in [2.45, 2.75) is 27.2 Å². The smallest absolute Gasteiger partial charge is 0.00206 e. The van der Waals surface area contributed by atoms with Crippen LogP contribution in [0.25, 0.3) is 5.57 Å². The topological polar surface area (TPSA) is 0 Å². The van der Waals surface area contributed by atoms with Gasteiger partial charge in [0.25, 0.3) is 0 Å². The number of thiophene rings is 1. The molecule has 0 unspecified atom stereocenters. The Labute approximate surface area is 78.2 Å². The summed E-state index contributed by atoms with van der Waals surface area (Å²) in [6, 6.07) is 2.20. The van der Waals surface area contributed by atoms with Gasteiger partial charge in [-0.25, -0.2) is 0 Å². The number of aryl methyl sites for hydroxylation is 1. The first-order valence-corrected chi connectivity index (χ1v) is 5.09. The largest absolute Gasteiger partial charge is 0.149 e. The van der Waals surface area contributed by atoms with Crippen LogP contribution in [-0.2, 0) is 0 Å². The molecule has 0 aliphatic heterocycles. The fourth-order valence-corrected chi connectivity index (χ4v) is 1.73. The summed E-state index contributed by atoms with van der Waals surface area (Å²) in [6.45, 7) is 6.36. The third kappa shape index (κ3) is 2.37. The Balaban J connectivity index is 2.92. The van der Waals surface area contributed by atoms with Gasteiger partial charge in [-0.05, 0) is 48.9 Å². The van der Waals surface area contributed by atoms with Gasteiger partial charge in [0.1, 0.15) is 0 Å². The van der Waals surface area contributed by atoms with Gasteiger partial charge in [-0.2, -0.15) is 0 Å². The standard InChI is InChI=1S/C11H14S/c1-4-5-6-9(2)11-7-10(3)12-8-11/h5,7-8H,4H2,1-3H3. The molecular weight excluding hydrogens is 164 g/mol. The number of hydrogen-bond acceptors (Lipinski definition) is 1. The average molecular weight is 178 g/mol. The summed E-state index contributed by atoms with van der Waals surface area (Å²) in [6.07, 6.45) is 3.13. The van der Waals surface area contributed by atoms with Gasteiger partial charge >= 0.3 is 0 Å². The molecule has 0 bridgehead atoms. The van der Waals surface area contributed by atoms with E-state index in [1.165, 1.54) is 16.0 Å². The van der Waals surface area contributed by atoms with Crippen molar-refractivity contribution in [2.24, 2.45) is 0 Å². The second kappa shape index (κ2) is 4.30. The van der Waals surface area contributed by atoms with Crippen LogP contribution < -0.4 is 0 Å². The quantitative estimate of drug-likeness (QED) is 0.600. The van der Waals surface area contributed by atoms with Crippen LogP contribution in [0.1, 0.15) is 30.7 Å². The van der Waals surface area contributed by atoms with Crippen LogP contribution in [0.2, 0.25) is 0 Å². The molecule has 0 saturated carbocycles. The molecule has 1 heterocycles. The van der Waals surface area contributed by atoms with Gasteiger partial charge in [0.05, 0.1) is 0 Å². The van der Waals surface area contributed by atoms with Crippen LogP contribution in [0.15, 0.2) is 23.3 Å². The van der Waals surface area contributed by atoms with E-state index in [1.54, 1.807) is 11.3 Å². The molecule has 0 aliphatic carbocycles. The Morgan fingerprint density at radius 3 is 2.92 bits per heavy atom. The first-order valence-electron chi connectivity index (χ1n) is 4.21. The number of rotatable bonds is 2. The lowest BCUT2D eigenvalue weighted by Crippen LogP contribution is -1.69. The van der Waals surface area contributed by atoms with E-state index < -0.39 is 0 Å². The lowest BCUT2D eigenvalue weighted by Gasteiger charge is -1.89. The van der Waals surface area contributed by atoms with E-state index in [4.69, 9.17) is 0 Å². The minimum absolute atomic E-state index is 1.06. The highest BCUT2D eigenvalue weighted by atomic mass is 32.1. The zero-order chi connectivity index (χ0) is 8.97. The van der Waals surface area contributed by atoms with Gasteiger partial charge in [-0.1, -0.05) is 6.92 Å². The Bertz CT molecular complexity index is 312. The van der Waals surface area contributed by atoms with Crippen LogP contribution in [0, 0.1) is 6.92 Å². The second-order valence-electron chi connectivity index (χ2n) is 2.83. The van der Waals surface area contributed by atoms with Crippen LogP contribution >= 0.6 is 11.3 Å². The molecule has 0 fully saturated rings. The predicted molar refractivity (Wildman–Crippen MR) is 56.5 cm³/mol. The molecule has 0 aromatic carbocycles. The molecular formula is C11H14S. The maximum atomic E-state index is 3.26. The van der Waals surface area contributed by atoms with Crippen molar-refractivity contribution < 1.29 is 0 Å². The van der Waals surface area contributed by atoms with Crippen LogP contribution in [0.4, 0.5) is 0 Å². The summed E-state index contributed by atoms with van der Waals surface area (Å²) in [5.74, 6) is 0. The van der Waals surface area contributed by atoms with Crippen LogP contribution in [0.5, 0.6) is 0 Å². The Morgan fingerprint density at radius 2 is 2.42 bits per heavy atom. The molecule has 1 heteroatoms. The normalized spacial score (nSPS) is 9.25. The minimum Gasteiger partial charge on any atom is -0.149 e. The van der Waals surface area contributed by atoms with E-state index in [0.29, 0.717) is 0 Å². The van der Waals surface area contributed by atoms with E-state index in [-0.39, 0.29) is 0 Å². The summed E-state index contributed by atoms with van der Waals surface area (Å²) in [7, 11) is 0. The van der Waals surface area contributed by atoms with Gasteiger partial charge in [0, 0.05) is 4.88 Å². The summed E-state index contributed by atoms with van der Waals surface area (Å²) >= 11 is 1.79. The third-order valence-electron chi connectivity index (χ3n) is 1.69. The van der Waals surface area contributed by atoms with Gasteiger partial charge in [-0.15, -0.1) is 17.1 Å². The molecule has 0 aliphatic rings. The van der Waals surface area contributed by atoms with E-state index in [9.17, 15) is 0 Å². The highest BCUT2D eigenvalue weighted by molar-refractivity contribution is 7.10. The molecule has 0 atom stereocenters. The van der Waals surface area contributed by atoms with Crippen molar-refractivity contribution in [3.63, 3.8) is 0 Å². The van der Waals surface area contributed by atoms with E-state index in [1.807, 2.05) is 0 Å². The first-order chi connectivity index (χ1) is 5.74. The van der Waals surface area contributed by atoms with Crippen molar-refractivity contribution in [1.82, 2.24) is 0 Å². The fraction of sp³-hybridized carbons (Fsp3) is 0.364. The lowest BCUT2D eigenvalue weighted by atomic mass is 10.1. The monoisotopic (exact) mass is 178 g/mol. The van der Waals surface area contributed by atoms with Crippen LogP contribution in [-0.4, -0.2) is 0 Å². The number of hydrogen-bond donors (Lipinski definition) is 0. The molecule has 0 saturated heterocycles. The molecule has 0 radical (unpaired) electrons. The molecule has 0 nitrogen and oxygen atoms in total. The van der Waals surface area contributed by atoms with Crippen LogP contribution in [0.3, 0.4) is 0 Å². The lowest BCUT2D eigenvalue weighted by molar-refractivity contribution is 1.23. The molecule has 64 valence electrons. The Morgan fingerprint density at radius 1 is 1.67 bits per heavy atom. The van der Waals surface area contributed by atoms with Crippen molar-refractivity contribution in [3.05, 3.63) is 33.7 Å². The average Bonchev–Trinajstić information content (AvgIpc) is 2.47. The SMILES string of the molecule is CCC=C=C(C)c1csc(C)c1. The maximum absolute atomic E-state index is 3.26. The van der Waals surface area contributed by atoms with Gasteiger partial charge < -0.3 is 0 Å². The van der Waals surface area contributed by atoms with E-state index in [0.717, 1.165) is 6.42 Å². The maximum Gasteiger partial charge on any atom is 0.00206 e. The molecule has 12 heavy (non-hydrogen) atoms. The highest BCUT2D eigenvalue weighted by Crippen LogP contribution is 2.19. The van der Waals surface area contributed by atoms with Crippen molar-refractivity contribution in [1.29, 1.82) is 0 Å². The van der Waals surface area contributed by atoms with E-state index >= 15 is 0 Å². The van der Waals surface area contributed by atoms with Gasteiger partial charge in [0.2, 0.25) is 0 Å². The minimum atomic E-state index is 1.06. The summed E-state index contributed by atoms with van der Waals surface area (Å²) in [5, 5.41) is 2.18. The second-order valence-corrected chi connectivity index (χ2v) is 3.94. The van der Waals surface area contributed by atoms with Crippen molar-refractivity contribution in [2.75, 3.05) is 0 Å². The molecule has 1 aromatic heterocycles. The van der Waals surface area contributed by atoms with Crippen molar-refractivity contribution in [3.8, 4) is 0 Å². The zero-order valence-electron chi connectivity index (χ0n) is 7.85. The predicted octanol–water partition coefficient (Wildman–Crippen LogP) is 4.02. The van der Waals surface area contributed by atoms with Gasteiger partial charge in [-0.3, -0.25) is 0 Å². The number of allylic oxidation sites excluding steroid dienone is 1. The summed E-state index contributed by atoms with van der Waals surface area (Å²) < 4.78 is 0. The molecule has 0 N–H and O–H groups in total. The zero-order valence-corrected chi connectivity index (χ0v) is 8.66. The molecule has 1 aromatic rings. The van der Waals surface area contributed by atoms with E-state index in [2.05, 4.69) is 44.0 Å². The molecule has 0 amide bonds. The Kier molecular flexibility index (Phi) is 3.33. The summed E-state index contributed by atoms with van der Waals surface area (Å²) in [5.41, 5.74) is 5.81. The highest BCUT2D eigenvalue weighted by Gasteiger charge is 1.95. The molecule has 0 spiro atoms.